The van der Waals surface area contributed by atoms with Crippen LogP contribution in [0.3, 0.4) is 0 Å². The summed E-state index contributed by atoms with van der Waals surface area (Å²) in [7, 11) is 0. The molecule has 1 fully saturated rings. The van der Waals surface area contributed by atoms with Crippen molar-refractivity contribution in [3.63, 3.8) is 0 Å². The number of hydrogen-bond donors (Lipinski definition) is 2. The van der Waals surface area contributed by atoms with Crippen molar-refractivity contribution < 1.29 is 4.79 Å². The van der Waals surface area contributed by atoms with Crippen LogP contribution < -0.4 is 11.1 Å². The van der Waals surface area contributed by atoms with Gasteiger partial charge >= 0.3 is 0 Å². The summed E-state index contributed by atoms with van der Waals surface area (Å²) in [4.78, 5) is 16.6. The van der Waals surface area contributed by atoms with Gasteiger partial charge in [0.15, 0.2) is 0 Å². The standard InChI is InChI=1S/C12H19N3OS.C3H8.C2H6/c1-2-10-15-11(12(13)16)9(17-10)7-14-8-5-3-4-6-8;1-3-2;1-2/h8,14H,2-7H2,1H3,(H2,13,16);3H2,1-2H3;1-2H3. The first-order chi connectivity index (χ1) is 10.6. The topological polar surface area (TPSA) is 68.0 Å². The molecule has 0 saturated heterocycles. The van der Waals surface area contributed by atoms with E-state index in [2.05, 4.69) is 24.1 Å². The maximum absolute atomic E-state index is 11.3. The van der Waals surface area contributed by atoms with Gasteiger partial charge < -0.3 is 11.1 Å². The van der Waals surface area contributed by atoms with E-state index >= 15 is 0 Å². The molecule has 0 spiro atoms. The molecule has 1 amide bonds. The van der Waals surface area contributed by atoms with E-state index in [0.717, 1.165) is 22.9 Å². The van der Waals surface area contributed by atoms with Crippen molar-refractivity contribution in [2.45, 2.75) is 85.7 Å². The number of hydrogen-bond acceptors (Lipinski definition) is 4. The van der Waals surface area contributed by atoms with Crippen molar-refractivity contribution in [2.75, 3.05) is 0 Å². The molecule has 0 aromatic carbocycles. The van der Waals surface area contributed by atoms with Crippen LogP contribution in [0.15, 0.2) is 0 Å². The third-order valence-corrected chi connectivity index (χ3v) is 4.38. The molecular weight excluding hydrogens is 294 g/mol. The third kappa shape index (κ3) is 7.36. The monoisotopic (exact) mass is 327 g/mol. The molecule has 0 aliphatic heterocycles. The molecule has 128 valence electrons. The van der Waals surface area contributed by atoms with E-state index in [-0.39, 0.29) is 0 Å². The number of nitrogens with zero attached hydrogens (tertiary/aromatic N) is 1. The van der Waals surface area contributed by atoms with Crippen LogP contribution in [0.1, 0.15) is 87.1 Å². The summed E-state index contributed by atoms with van der Waals surface area (Å²) >= 11 is 1.60. The molecule has 0 atom stereocenters. The lowest BCUT2D eigenvalue weighted by Gasteiger charge is -2.10. The SMILES string of the molecule is CC.CCC.CCc1nc(C(N)=O)c(CNC2CCCC2)s1. The lowest BCUT2D eigenvalue weighted by molar-refractivity contribution is 0.0995. The maximum Gasteiger partial charge on any atom is 0.268 e. The summed E-state index contributed by atoms with van der Waals surface area (Å²) in [5.41, 5.74) is 5.80. The van der Waals surface area contributed by atoms with E-state index in [1.807, 2.05) is 20.8 Å². The smallest absolute Gasteiger partial charge is 0.268 e. The van der Waals surface area contributed by atoms with E-state index in [1.54, 1.807) is 11.3 Å². The molecule has 22 heavy (non-hydrogen) atoms. The number of carbonyl (C=O) groups excluding carboxylic acids is 1. The molecule has 1 heterocycles. The van der Waals surface area contributed by atoms with Gasteiger partial charge in [-0.1, -0.05) is 53.9 Å². The molecule has 1 aromatic heterocycles. The van der Waals surface area contributed by atoms with Gasteiger partial charge in [-0.25, -0.2) is 4.98 Å². The summed E-state index contributed by atoms with van der Waals surface area (Å²) in [6, 6.07) is 0.600. The highest BCUT2D eigenvalue weighted by molar-refractivity contribution is 7.11. The van der Waals surface area contributed by atoms with Crippen molar-refractivity contribution in [3.05, 3.63) is 15.6 Å². The van der Waals surface area contributed by atoms with Crippen molar-refractivity contribution in [1.29, 1.82) is 0 Å². The van der Waals surface area contributed by atoms with Gasteiger partial charge in [-0.15, -0.1) is 11.3 Å². The molecule has 3 N–H and O–H groups in total. The molecule has 1 aliphatic rings. The van der Waals surface area contributed by atoms with E-state index in [1.165, 1.54) is 32.1 Å². The second-order valence-electron chi connectivity index (χ2n) is 5.17. The molecule has 5 heteroatoms. The average Bonchev–Trinajstić information content (AvgIpc) is 3.17. The Morgan fingerprint density at radius 3 is 2.27 bits per heavy atom. The van der Waals surface area contributed by atoms with Crippen molar-refractivity contribution in [3.8, 4) is 0 Å². The zero-order chi connectivity index (χ0) is 17.0. The Bertz CT molecular complexity index is 412. The number of primary amides is 1. The van der Waals surface area contributed by atoms with E-state index < -0.39 is 5.91 Å². The van der Waals surface area contributed by atoms with Crippen LogP contribution in [0.2, 0.25) is 0 Å². The van der Waals surface area contributed by atoms with E-state index in [0.29, 0.717) is 11.7 Å². The Hall–Kier alpha value is -0.940. The van der Waals surface area contributed by atoms with Gasteiger partial charge in [0, 0.05) is 12.6 Å². The minimum atomic E-state index is -0.413. The van der Waals surface area contributed by atoms with Crippen molar-refractivity contribution in [1.82, 2.24) is 10.3 Å². The Balaban J connectivity index is 0.000000789. The first-order valence-electron chi connectivity index (χ1n) is 8.64. The summed E-state index contributed by atoms with van der Waals surface area (Å²) < 4.78 is 0. The van der Waals surface area contributed by atoms with E-state index in [9.17, 15) is 4.79 Å². The number of nitrogens with one attached hydrogen (secondary N) is 1. The normalized spacial score (nSPS) is 13.9. The maximum atomic E-state index is 11.3. The Kier molecular flexibility index (Phi) is 12.1. The van der Waals surface area contributed by atoms with Crippen LogP contribution in [0.5, 0.6) is 0 Å². The molecule has 1 aliphatic carbocycles. The van der Waals surface area contributed by atoms with Crippen molar-refractivity contribution >= 4 is 17.2 Å². The third-order valence-electron chi connectivity index (χ3n) is 3.18. The first-order valence-corrected chi connectivity index (χ1v) is 9.45. The highest BCUT2D eigenvalue weighted by Crippen LogP contribution is 2.22. The van der Waals surface area contributed by atoms with Crippen LogP contribution in [-0.2, 0) is 13.0 Å². The molecule has 2 rings (SSSR count). The number of aromatic nitrogens is 1. The molecule has 0 radical (unpaired) electrons. The largest absolute Gasteiger partial charge is 0.364 e. The van der Waals surface area contributed by atoms with Gasteiger partial charge in [0.25, 0.3) is 5.91 Å². The molecule has 1 aromatic rings. The fourth-order valence-electron chi connectivity index (χ4n) is 2.23. The predicted molar refractivity (Wildman–Crippen MR) is 96.4 cm³/mol. The minimum absolute atomic E-state index is 0.413. The van der Waals surface area contributed by atoms with Crippen LogP contribution in [0, 0.1) is 0 Å². The second-order valence-corrected chi connectivity index (χ2v) is 6.33. The number of rotatable bonds is 5. The average molecular weight is 328 g/mol. The lowest BCUT2D eigenvalue weighted by atomic mass is 10.2. The quantitative estimate of drug-likeness (QED) is 0.848. The molecule has 0 unspecified atom stereocenters. The summed E-state index contributed by atoms with van der Waals surface area (Å²) in [5.74, 6) is -0.413. The zero-order valence-corrected chi connectivity index (χ0v) is 15.7. The number of amides is 1. The number of thiazole rings is 1. The Morgan fingerprint density at radius 1 is 1.27 bits per heavy atom. The number of nitrogens with two attached hydrogens (primary N) is 1. The Labute approximate surface area is 139 Å². The minimum Gasteiger partial charge on any atom is -0.364 e. The molecule has 1 saturated carbocycles. The van der Waals surface area contributed by atoms with Crippen LogP contribution in [0.4, 0.5) is 0 Å². The fourth-order valence-corrected chi connectivity index (χ4v) is 3.20. The van der Waals surface area contributed by atoms with Crippen LogP contribution in [0.25, 0.3) is 0 Å². The molecular formula is C17H33N3OS. The zero-order valence-electron chi connectivity index (χ0n) is 14.9. The highest BCUT2D eigenvalue weighted by atomic mass is 32.1. The fraction of sp³-hybridized carbons (Fsp3) is 0.765. The van der Waals surface area contributed by atoms with Crippen LogP contribution >= 0.6 is 11.3 Å². The summed E-state index contributed by atoms with van der Waals surface area (Å²) in [5, 5.41) is 4.48. The number of aryl methyl sites for hydroxylation is 1. The van der Waals surface area contributed by atoms with Crippen molar-refractivity contribution in [2.24, 2.45) is 5.73 Å². The Morgan fingerprint density at radius 2 is 1.82 bits per heavy atom. The van der Waals surface area contributed by atoms with Gasteiger partial charge in [0.1, 0.15) is 5.69 Å². The number of carbonyl (C=O) groups is 1. The summed E-state index contributed by atoms with van der Waals surface area (Å²) in [6.45, 7) is 11.0. The second kappa shape index (κ2) is 12.6. The van der Waals surface area contributed by atoms with Gasteiger partial charge in [0.2, 0.25) is 0 Å². The highest BCUT2D eigenvalue weighted by Gasteiger charge is 2.18. The summed E-state index contributed by atoms with van der Waals surface area (Å²) in [6.07, 6.45) is 7.21. The molecule has 0 bridgehead atoms. The van der Waals surface area contributed by atoms with Gasteiger partial charge in [-0.3, -0.25) is 4.79 Å². The van der Waals surface area contributed by atoms with Crippen LogP contribution in [-0.4, -0.2) is 16.9 Å². The van der Waals surface area contributed by atoms with Gasteiger partial charge in [-0.2, -0.15) is 0 Å². The van der Waals surface area contributed by atoms with Gasteiger partial charge in [0.05, 0.1) is 9.88 Å². The first kappa shape index (κ1) is 21.1. The molecule has 4 nitrogen and oxygen atoms in total. The van der Waals surface area contributed by atoms with E-state index in [4.69, 9.17) is 5.73 Å². The van der Waals surface area contributed by atoms with Gasteiger partial charge in [-0.05, 0) is 19.3 Å². The lowest BCUT2D eigenvalue weighted by Crippen LogP contribution is -2.26. The predicted octanol–water partition coefficient (Wildman–Crippen LogP) is 4.28.